The van der Waals surface area contributed by atoms with Crippen molar-refractivity contribution in [2.24, 2.45) is 0 Å². The van der Waals surface area contributed by atoms with Crippen molar-refractivity contribution in [3.8, 4) is 0 Å². The van der Waals surface area contributed by atoms with Crippen LogP contribution in [0.2, 0.25) is 0 Å². The van der Waals surface area contributed by atoms with Crippen molar-refractivity contribution in [3.05, 3.63) is 28.2 Å². The van der Waals surface area contributed by atoms with Gasteiger partial charge in [0.05, 0.1) is 4.88 Å². The number of nitrogens with zero attached hydrogens (tertiary/aromatic N) is 1. The van der Waals surface area contributed by atoms with Crippen molar-refractivity contribution in [1.82, 2.24) is 0 Å². The van der Waals surface area contributed by atoms with Gasteiger partial charge in [0.25, 0.3) is 0 Å². The van der Waals surface area contributed by atoms with Crippen LogP contribution in [0.15, 0.2) is 17.7 Å². The summed E-state index contributed by atoms with van der Waals surface area (Å²) in [4.78, 5) is 1.22. The van der Waals surface area contributed by atoms with E-state index >= 15 is 0 Å². The topological polar surface area (TPSA) is 26.9 Å². The predicted octanol–water partition coefficient (Wildman–Crippen LogP) is 0.823. The van der Waals surface area contributed by atoms with Crippen molar-refractivity contribution in [2.45, 2.75) is 26.8 Å². The molecule has 0 bridgehead atoms. The normalized spacial score (nSPS) is 11.3. The lowest BCUT2D eigenvalue weighted by Crippen LogP contribution is -2.33. The maximum atomic E-state index is 10.5. The van der Waals surface area contributed by atoms with Crippen LogP contribution >= 0.6 is 11.3 Å². The molecule has 3 heteroatoms. The third-order valence-electron chi connectivity index (χ3n) is 2.02. The maximum Gasteiger partial charge on any atom is 0.225 e. The second-order valence-corrected chi connectivity index (χ2v) is 3.85. The summed E-state index contributed by atoms with van der Waals surface area (Å²) in [5, 5.41) is 10.5. The Kier molecular flexibility index (Phi) is 4.12. The standard InChI is InChI=1S/C10H15NOS/c1-3-4-6-11-8-13-10(5-7-12)9(11)2/h3-4,8H,5-7H2,1-2H3/b4-3+. The van der Waals surface area contributed by atoms with Gasteiger partial charge in [-0.1, -0.05) is 17.4 Å². The Morgan fingerprint density at radius 3 is 3.00 bits per heavy atom. The Morgan fingerprint density at radius 1 is 1.62 bits per heavy atom. The molecule has 0 aliphatic carbocycles. The smallest absolute Gasteiger partial charge is 0.225 e. The van der Waals surface area contributed by atoms with E-state index in [4.69, 9.17) is 0 Å². The van der Waals surface area contributed by atoms with Gasteiger partial charge in [-0.2, -0.15) is 4.57 Å². The Bertz CT molecular complexity index is 291. The van der Waals surface area contributed by atoms with Gasteiger partial charge >= 0.3 is 0 Å². The van der Waals surface area contributed by atoms with E-state index in [1.54, 1.807) is 11.3 Å². The maximum absolute atomic E-state index is 10.5. The molecule has 0 fully saturated rings. The second-order valence-electron chi connectivity index (χ2n) is 2.91. The summed E-state index contributed by atoms with van der Waals surface area (Å²) < 4.78 is 2.18. The number of allylic oxidation sites excluding steroid dienone is 2. The molecule has 0 amide bonds. The van der Waals surface area contributed by atoms with Gasteiger partial charge in [-0.05, 0) is 19.4 Å². The first-order chi connectivity index (χ1) is 6.29. The van der Waals surface area contributed by atoms with E-state index in [1.165, 1.54) is 10.6 Å². The summed E-state index contributed by atoms with van der Waals surface area (Å²) in [6, 6.07) is 0. The first-order valence-electron chi connectivity index (χ1n) is 4.45. The zero-order valence-electron chi connectivity index (χ0n) is 8.12. The third kappa shape index (κ3) is 2.64. The minimum absolute atomic E-state index is 0.00896. The highest BCUT2D eigenvalue weighted by molar-refractivity contribution is 7.09. The molecule has 0 spiro atoms. The lowest BCUT2D eigenvalue weighted by Gasteiger charge is -1.98. The largest absolute Gasteiger partial charge is 0.854 e. The Hall–Kier alpha value is -0.670. The number of hydrogen-bond acceptors (Lipinski definition) is 2. The third-order valence-corrected chi connectivity index (χ3v) is 3.17. The van der Waals surface area contributed by atoms with Crippen LogP contribution in [0, 0.1) is 6.92 Å². The summed E-state index contributed by atoms with van der Waals surface area (Å²) >= 11 is 1.68. The van der Waals surface area contributed by atoms with Gasteiger partial charge in [-0.15, -0.1) is 6.61 Å². The van der Waals surface area contributed by atoms with Gasteiger partial charge in [-0.25, -0.2) is 0 Å². The summed E-state index contributed by atoms with van der Waals surface area (Å²) in [5.41, 5.74) is 3.32. The van der Waals surface area contributed by atoms with Crippen LogP contribution in [-0.2, 0) is 13.0 Å². The zero-order chi connectivity index (χ0) is 9.68. The highest BCUT2D eigenvalue weighted by Crippen LogP contribution is 2.10. The number of thiazole rings is 1. The Morgan fingerprint density at radius 2 is 2.38 bits per heavy atom. The van der Waals surface area contributed by atoms with Crippen LogP contribution in [0.25, 0.3) is 0 Å². The number of aromatic nitrogens is 1. The zero-order valence-corrected chi connectivity index (χ0v) is 8.93. The fourth-order valence-corrected chi connectivity index (χ4v) is 2.17. The van der Waals surface area contributed by atoms with Gasteiger partial charge in [0.2, 0.25) is 5.51 Å². The SMILES string of the molecule is C/C=C/C[n+]1csc(CC[O-])c1C. The summed E-state index contributed by atoms with van der Waals surface area (Å²) in [6.07, 6.45) is 4.82. The van der Waals surface area contributed by atoms with E-state index in [2.05, 4.69) is 23.1 Å². The average Bonchev–Trinajstić information content (AvgIpc) is 2.46. The minimum Gasteiger partial charge on any atom is -0.854 e. The first kappa shape index (κ1) is 10.4. The molecule has 0 aliphatic rings. The molecule has 1 heterocycles. The van der Waals surface area contributed by atoms with Crippen LogP contribution in [-0.4, -0.2) is 6.61 Å². The molecule has 0 saturated carbocycles. The summed E-state index contributed by atoms with van der Waals surface area (Å²) in [7, 11) is 0. The van der Waals surface area contributed by atoms with E-state index in [0.29, 0.717) is 6.42 Å². The van der Waals surface area contributed by atoms with Crippen LogP contribution in [0.3, 0.4) is 0 Å². The van der Waals surface area contributed by atoms with Crippen molar-refractivity contribution >= 4 is 11.3 Å². The fourth-order valence-electron chi connectivity index (χ4n) is 1.18. The molecule has 0 atom stereocenters. The summed E-state index contributed by atoms with van der Waals surface area (Å²) in [6.45, 7) is 4.99. The molecule has 0 unspecified atom stereocenters. The Balaban J connectivity index is 2.73. The van der Waals surface area contributed by atoms with E-state index in [9.17, 15) is 5.11 Å². The molecular weight excluding hydrogens is 182 g/mol. The first-order valence-corrected chi connectivity index (χ1v) is 5.33. The minimum atomic E-state index is -0.00896. The molecule has 0 aliphatic heterocycles. The highest BCUT2D eigenvalue weighted by atomic mass is 32.1. The van der Waals surface area contributed by atoms with Gasteiger partial charge in [0, 0.05) is 6.92 Å². The van der Waals surface area contributed by atoms with Crippen LogP contribution in [0.5, 0.6) is 0 Å². The molecule has 0 aromatic carbocycles. The number of hydrogen-bond donors (Lipinski definition) is 0. The van der Waals surface area contributed by atoms with Crippen molar-refractivity contribution < 1.29 is 9.67 Å². The number of rotatable bonds is 4. The molecule has 1 aromatic rings. The van der Waals surface area contributed by atoms with Crippen LogP contribution in [0.4, 0.5) is 0 Å². The van der Waals surface area contributed by atoms with Crippen LogP contribution < -0.4 is 9.67 Å². The van der Waals surface area contributed by atoms with Gasteiger partial charge in [0.15, 0.2) is 12.2 Å². The van der Waals surface area contributed by atoms with Gasteiger partial charge in [0.1, 0.15) is 0 Å². The molecular formula is C10H15NOS. The molecule has 0 radical (unpaired) electrons. The summed E-state index contributed by atoms with van der Waals surface area (Å²) in [5.74, 6) is 0. The highest BCUT2D eigenvalue weighted by Gasteiger charge is 2.11. The van der Waals surface area contributed by atoms with Crippen molar-refractivity contribution in [3.63, 3.8) is 0 Å². The predicted molar refractivity (Wildman–Crippen MR) is 52.6 cm³/mol. The lowest BCUT2D eigenvalue weighted by atomic mass is 10.3. The van der Waals surface area contributed by atoms with Crippen molar-refractivity contribution in [2.75, 3.05) is 6.61 Å². The van der Waals surface area contributed by atoms with Gasteiger partial charge < -0.3 is 5.11 Å². The average molecular weight is 197 g/mol. The molecule has 13 heavy (non-hydrogen) atoms. The van der Waals surface area contributed by atoms with Crippen molar-refractivity contribution in [1.29, 1.82) is 0 Å². The lowest BCUT2D eigenvalue weighted by molar-refractivity contribution is -0.688. The quantitative estimate of drug-likeness (QED) is 0.518. The second kappa shape index (κ2) is 5.14. The molecule has 0 saturated heterocycles. The Labute approximate surface area is 83.2 Å². The molecule has 1 rings (SSSR count). The molecule has 72 valence electrons. The molecule has 1 aromatic heterocycles. The van der Waals surface area contributed by atoms with E-state index < -0.39 is 0 Å². The molecule has 0 N–H and O–H groups in total. The fraction of sp³-hybridized carbons (Fsp3) is 0.500. The monoisotopic (exact) mass is 197 g/mol. The van der Waals surface area contributed by atoms with E-state index in [1.807, 2.05) is 13.0 Å². The molecule has 2 nitrogen and oxygen atoms in total. The van der Waals surface area contributed by atoms with Gasteiger partial charge in [-0.3, -0.25) is 0 Å². The van der Waals surface area contributed by atoms with E-state index in [-0.39, 0.29) is 6.61 Å². The van der Waals surface area contributed by atoms with E-state index in [0.717, 1.165) is 6.54 Å². The van der Waals surface area contributed by atoms with Crippen LogP contribution in [0.1, 0.15) is 17.5 Å².